The van der Waals surface area contributed by atoms with Crippen LogP contribution in [0.25, 0.3) is 0 Å². The second-order valence-electron chi connectivity index (χ2n) is 34.2. The number of primary amides is 4. The average Bonchev–Trinajstić information content (AvgIpc) is 1.21. The summed E-state index contributed by atoms with van der Waals surface area (Å²) in [7, 11) is 0. The van der Waals surface area contributed by atoms with Crippen molar-refractivity contribution in [2.45, 2.75) is 242 Å². The maximum atomic E-state index is 13.4. The predicted octanol–water partition coefficient (Wildman–Crippen LogP) is 5.84. The van der Waals surface area contributed by atoms with Crippen LogP contribution < -0.4 is 84.3 Å². The summed E-state index contributed by atoms with van der Waals surface area (Å²) in [6, 6.07) is 24.2. The van der Waals surface area contributed by atoms with Gasteiger partial charge >= 0.3 is 84.8 Å². The normalized spacial score (nSPS) is 15.1. The molecule has 0 bridgehead atoms. The molecule has 0 radical (unpaired) electrons. The molecule has 140 heavy (non-hydrogen) atoms. The maximum Gasteiger partial charge on any atom is 1.00 e. The van der Waals surface area contributed by atoms with Crippen LogP contribution >= 0.6 is 0 Å². The van der Waals surface area contributed by atoms with E-state index in [-0.39, 0.29) is 209 Å². The third-order valence-electron chi connectivity index (χ3n) is 24.3. The van der Waals surface area contributed by atoms with Gasteiger partial charge in [0.2, 0.25) is 23.6 Å². The Bertz CT molecular complexity index is 4840. The molecule has 1 heterocycles. The fraction of sp³-hybridized carbons (Fsp3) is 0.521. The molecule has 9 rings (SSSR count). The number of carboxylic acid groups (broad SMARTS) is 1. The van der Waals surface area contributed by atoms with Crippen LogP contribution in [0.1, 0.15) is 238 Å². The number of urea groups is 4. The molecule has 5 aliphatic rings. The summed E-state index contributed by atoms with van der Waals surface area (Å²) >= 11 is 0. The van der Waals surface area contributed by atoms with E-state index < -0.39 is 134 Å². The van der Waals surface area contributed by atoms with Crippen molar-refractivity contribution in [1.29, 1.82) is 0 Å². The second kappa shape index (κ2) is 59.5. The van der Waals surface area contributed by atoms with Crippen LogP contribution in [0.5, 0.6) is 0 Å². The van der Waals surface area contributed by atoms with Gasteiger partial charge in [-0.05, 0) is 187 Å². The number of imide groups is 1. The number of ether oxygens (including phenoxy) is 5. The topological polar surface area (TPSA) is 685 Å². The fourth-order valence-electron chi connectivity index (χ4n) is 15.5. The number of aliphatic carboxylic acids is 1. The number of nitrogens with two attached hydrogens (primary N) is 4. The SMILES string of the molecule is C.CC(=O)OCc1ccc(NC(=O)[C@H](CCCNC(N)=O)CC(=O)C2(C(=O)O)CCC2)cc1.CC(=O)OCc1ccc(NC(=O)[C@H](CCCNC(N)=O)CC(=O)C2(C(=O)ON3C(=O)CCC3=O)CCC2)cc1.CC(=O)OCc1ccc(NC(=O)[C@H](CCCNC(N)=O)CC(=O)C2(C(C)=O)CCC2)cc1.CCOC(=O)C1(C(=O)C[C@@H](CCCNC(N)=O)C(=O)Nc2ccc(COC(C)=O)cc2)CCC1.[Li+].[OH-]. The van der Waals surface area contributed by atoms with E-state index in [0.717, 1.165) is 29.5 Å². The van der Waals surface area contributed by atoms with Crippen molar-refractivity contribution in [3.63, 3.8) is 0 Å². The second-order valence-corrected chi connectivity index (χ2v) is 34.2. The molecule has 1 aliphatic heterocycles. The number of anilines is 4. The van der Waals surface area contributed by atoms with Gasteiger partial charge in [0, 0.05) is 139 Å². The molecular weight excluding hydrogens is 1820 g/mol. The van der Waals surface area contributed by atoms with E-state index in [4.69, 9.17) is 51.5 Å². The molecule has 44 heteroatoms. The van der Waals surface area contributed by atoms with Crippen molar-refractivity contribution in [2.75, 3.05) is 54.1 Å². The number of ketones is 5. The molecule has 4 aliphatic carbocycles. The zero-order valence-electron chi connectivity index (χ0n) is 79.4. The smallest absolute Gasteiger partial charge is 0.870 e. The van der Waals surface area contributed by atoms with Crippen molar-refractivity contribution >= 4 is 153 Å². The molecule has 14 amide bonds. The van der Waals surface area contributed by atoms with E-state index in [1.165, 1.54) is 34.6 Å². The quantitative estimate of drug-likeness (QED) is 0.00617. The van der Waals surface area contributed by atoms with Gasteiger partial charge in [-0.25, -0.2) is 24.0 Å². The van der Waals surface area contributed by atoms with Gasteiger partial charge in [0.25, 0.3) is 11.8 Å². The zero-order chi connectivity index (χ0) is 101. The molecule has 18 N–H and O–H groups in total. The first kappa shape index (κ1) is 120. The Morgan fingerprint density at radius 2 is 0.586 bits per heavy atom. The van der Waals surface area contributed by atoms with E-state index in [2.05, 4.69) is 42.5 Å². The van der Waals surface area contributed by atoms with Gasteiger partial charge in [-0.1, -0.05) is 81.6 Å². The van der Waals surface area contributed by atoms with E-state index in [0.29, 0.717) is 110 Å². The number of esters is 5. The fourth-order valence-corrected chi connectivity index (χ4v) is 15.5. The van der Waals surface area contributed by atoms with E-state index >= 15 is 0 Å². The van der Waals surface area contributed by atoms with E-state index in [1.807, 2.05) is 0 Å². The van der Waals surface area contributed by atoms with Crippen LogP contribution in [0.2, 0.25) is 0 Å². The number of rotatable bonds is 50. The first-order chi connectivity index (χ1) is 65.0. The Morgan fingerprint density at radius 3 is 0.786 bits per heavy atom. The largest absolute Gasteiger partial charge is 1.00 e. The molecule has 43 nitrogen and oxygen atoms in total. The van der Waals surface area contributed by atoms with Crippen LogP contribution in [-0.4, -0.2) is 179 Å². The molecule has 4 atom stereocenters. The molecule has 760 valence electrons. The monoisotopic (exact) mass is 1950 g/mol. The molecule has 4 aromatic carbocycles. The number of benzene rings is 4. The number of hydrogen-bond acceptors (Lipinski definition) is 29. The summed E-state index contributed by atoms with van der Waals surface area (Å²) in [5.41, 5.74) is 20.2. The number of hydrogen-bond donors (Lipinski definition) is 13. The minimum Gasteiger partial charge on any atom is -0.870 e. The van der Waals surface area contributed by atoms with Gasteiger partial charge in [-0.3, -0.25) is 81.5 Å². The summed E-state index contributed by atoms with van der Waals surface area (Å²) in [5, 5.41) is 30.8. The minimum atomic E-state index is -1.54. The first-order valence-electron chi connectivity index (χ1n) is 45.4. The Balaban J connectivity index is 0.000000478. The molecular formula is C96H130LiN13O30. The van der Waals surface area contributed by atoms with Gasteiger partial charge in [-0.15, -0.1) is 5.06 Å². The maximum absolute atomic E-state index is 13.4. The van der Waals surface area contributed by atoms with Crippen LogP contribution in [0.15, 0.2) is 97.1 Å². The predicted molar refractivity (Wildman–Crippen MR) is 498 cm³/mol. The molecule has 1 saturated heterocycles. The number of carbonyl (C=O) groups excluding carboxylic acids is 21. The Labute approximate surface area is 822 Å². The third kappa shape index (κ3) is 38.2. The Kier molecular flexibility index (Phi) is 51.1. The van der Waals surface area contributed by atoms with Crippen molar-refractivity contribution in [3.8, 4) is 0 Å². The standard InChI is InChI=1S/C26H32N4O9.C24H33N3O7.C23H31N3O6.C22H29N3O7.CH4.Li.H2O/c1-16(31)38-15-17-5-7-19(8-6-17)29-23(35)18(4-2-13-28-25(27)37)14-20(32)26(11-3-12-26)24(36)39-30-21(33)9-10-22(30)34;1-3-33-22(31)24(11-5-12-24)20(29)14-18(6-4-13-26-23(25)32)21(30)27-19-9-7-17(8-10-19)15-34-16(2)28;1-15(27)23(10-4-11-23)20(29)13-18(5-3-12-25-22(24)31)21(30)26-19-8-6-17(7-9-19)14-32-16(2)28;1-14(26)32-13-15-5-7-17(8-6-15)25-19(28)16(4-2-11-24-21(23)31)12-18(27)22(20(29)30)9-3-10-22;;;/h5-8,18H,2-4,9-15H2,1H3,(H,29,35)(H3,27,28,37);7-10,18H,3-6,11-15H2,1-2H3,(H,27,30)(H3,25,26,32);6-9,18H,3-5,10-14H2,1-2H3,(H,26,30)(H3,24,25,31);5-8,16H,2-4,9-13H2,1H3,(H,25,28)(H,29,30)(H3,23,24,31);1H4;;1H2/q;;;;;+1;/p-1/t3*18-;16-;;;/m1111.../s1. The molecule has 0 unspecified atom stereocenters. The Hall–Kier alpha value is -13.8. The number of Topliss-reactive ketones (excluding diaryl/α,β-unsaturated/α-hetero) is 5. The summed E-state index contributed by atoms with van der Waals surface area (Å²) in [4.78, 5) is 270. The number of carboxylic acids is 1. The molecule has 0 aromatic heterocycles. The first-order valence-corrected chi connectivity index (χ1v) is 45.4. The number of nitrogens with one attached hydrogen (secondary N) is 8. The minimum absolute atomic E-state index is 0. The van der Waals surface area contributed by atoms with Gasteiger partial charge in [0.05, 0.1) is 12.0 Å². The van der Waals surface area contributed by atoms with Gasteiger partial charge in [0.15, 0.2) is 17.3 Å². The van der Waals surface area contributed by atoms with Crippen molar-refractivity contribution in [3.05, 3.63) is 119 Å². The van der Waals surface area contributed by atoms with Crippen molar-refractivity contribution in [1.82, 2.24) is 26.3 Å². The summed E-state index contributed by atoms with van der Waals surface area (Å²) < 4.78 is 24.9. The third-order valence-corrected chi connectivity index (χ3v) is 24.3. The molecule has 4 saturated carbocycles. The molecule has 4 aromatic rings. The van der Waals surface area contributed by atoms with Crippen molar-refractivity contribution in [2.24, 2.45) is 68.3 Å². The van der Waals surface area contributed by atoms with E-state index in [9.17, 15) is 111 Å². The number of hydroxylamine groups is 2. The van der Waals surface area contributed by atoms with Gasteiger partial charge < -0.3 is 105 Å². The molecule has 0 spiro atoms. The average molecular weight is 1950 g/mol. The van der Waals surface area contributed by atoms with Crippen molar-refractivity contribution < 1.29 is 163 Å². The van der Waals surface area contributed by atoms with Gasteiger partial charge in [0.1, 0.15) is 54.2 Å². The number of nitrogens with zero attached hydrogens (tertiary/aromatic N) is 1. The van der Waals surface area contributed by atoms with Crippen LogP contribution in [0.4, 0.5) is 41.9 Å². The van der Waals surface area contributed by atoms with Crippen LogP contribution in [-0.2, 0) is 141 Å². The summed E-state index contributed by atoms with van der Waals surface area (Å²) in [6.45, 7) is 10.0. The zero-order valence-corrected chi connectivity index (χ0v) is 79.4. The summed E-state index contributed by atoms with van der Waals surface area (Å²) in [6.07, 6.45) is 7.67. The molecule has 5 fully saturated rings. The van der Waals surface area contributed by atoms with Crippen LogP contribution in [0.3, 0.4) is 0 Å². The number of carbonyl (C=O) groups is 22. The summed E-state index contributed by atoms with van der Waals surface area (Å²) in [5.74, 6) is -11.6. The van der Waals surface area contributed by atoms with Crippen LogP contribution in [0, 0.1) is 45.3 Å². The van der Waals surface area contributed by atoms with E-state index in [1.54, 1.807) is 104 Å². The van der Waals surface area contributed by atoms with Gasteiger partial charge in [-0.2, -0.15) is 0 Å². The number of amides is 14. The Morgan fingerprint density at radius 1 is 0.357 bits per heavy atom.